The van der Waals surface area contributed by atoms with Gasteiger partial charge in [0, 0.05) is 10.9 Å². The molecule has 148 valence electrons. The standard InChI is InChI=1S/C20H22N2O5S/c1-2-3-10-17(20(23)21-24)22-28(25,26)16-9-6-8-14(12-16)19-13-15-7-4-5-11-18(15)27-19/h4-9,11-13,17,22,24H,2-3,10H2,1H3,(H,21,23)/t17-/m0/s1. The molecule has 3 rings (SSSR count). The summed E-state index contributed by atoms with van der Waals surface area (Å²) in [6.45, 7) is 1.93. The second kappa shape index (κ2) is 8.55. The van der Waals surface area contributed by atoms with Gasteiger partial charge in [0.05, 0.1) is 4.90 Å². The number of para-hydroxylation sites is 1. The lowest BCUT2D eigenvalue weighted by atomic mass is 10.1. The van der Waals surface area contributed by atoms with Crippen molar-refractivity contribution in [3.63, 3.8) is 0 Å². The summed E-state index contributed by atoms with van der Waals surface area (Å²) < 4.78 is 33.7. The molecule has 0 spiro atoms. The van der Waals surface area contributed by atoms with E-state index in [-0.39, 0.29) is 11.3 Å². The number of furan rings is 1. The summed E-state index contributed by atoms with van der Waals surface area (Å²) in [6, 6.07) is 14.6. The number of carbonyl (C=O) groups is 1. The van der Waals surface area contributed by atoms with Crippen molar-refractivity contribution in [1.29, 1.82) is 0 Å². The molecule has 28 heavy (non-hydrogen) atoms. The molecular formula is C20H22N2O5S. The number of rotatable bonds is 8. The normalized spacial score (nSPS) is 12.8. The predicted octanol–water partition coefficient (Wildman–Crippen LogP) is 3.44. The van der Waals surface area contributed by atoms with Crippen molar-refractivity contribution in [2.75, 3.05) is 0 Å². The van der Waals surface area contributed by atoms with Crippen LogP contribution in [0, 0.1) is 0 Å². The molecule has 0 saturated heterocycles. The van der Waals surface area contributed by atoms with E-state index in [2.05, 4.69) is 4.72 Å². The van der Waals surface area contributed by atoms with Gasteiger partial charge >= 0.3 is 0 Å². The molecule has 0 aliphatic carbocycles. The van der Waals surface area contributed by atoms with Crippen LogP contribution in [-0.4, -0.2) is 25.6 Å². The molecule has 0 saturated carbocycles. The smallest absolute Gasteiger partial charge is 0.261 e. The van der Waals surface area contributed by atoms with Crippen LogP contribution in [0.3, 0.4) is 0 Å². The Labute approximate surface area is 163 Å². The van der Waals surface area contributed by atoms with Gasteiger partial charge < -0.3 is 4.42 Å². The van der Waals surface area contributed by atoms with Gasteiger partial charge in [0.15, 0.2) is 0 Å². The molecule has 0 bridgehead atoms. The zero-order chi connectivity index (χ0) is 20.1. The van der Waals surface area contributed by atoms with Crippen LogP contribution in [0.15, 0.2) is 63.9 Å². The van der Waals surface area contributed by atoms with Gasteiger partial charge in [0.1, 0.15) is 17.4 Å². The maximum atomic E-state index is 12.8. The van der Waals surface area contributed by atoms with Gasteiger partial charge in [-0.1, -0.05) is 50.1 Å². The first-order valence-corrected chi connectivity index (χ1v) is 10.5. The minimum atomic E-state index is -3.97. The zero-order valence-corrected chi connectivity index (χ0v) is 16.2. The van der Waals surface area contributed by atoms with E-state index in [1.807, 2.05) is 37.3 Å². The average molecular weight is 402 g/mol. The number of benzene rings is 2. The SMILES string of the molecule is CCCC[C@H](NS(=O)(=O)c1cccc(-c2cc3ccccc3o2)c1)C(=O)NO. The molecule has 0 aliphatic heterocycles. The molecule has 1 atom stereocenters. The van der Waals surface area contributed by atoms with Crippen LogP contribution in [0.4, 0.5) is 0 Å². The third kappa shape index (κ3) is 4.41. The molecule has 1 aromatic heterocycles. The predicted molar refractivity (Wildman–Crippen MR) is 105 cm³/mol. The lowest BCUT2D eigenvalue weighted by molar-refractivity contribution is -0.131. The molecular weight excluding hydrogens is 380 g/mol. The van der Waals surface area contributed by atoms with Crippen LogP contribution in [0.25, 0.3) is 22.3 Å². The van der Waals surface area contributed by atoms with E-state index in [4.69, 9.17) is 9.62 Å². The first-order valence-electron chi connectivity index (χ1n) is 9.00. The number of hydrogen-bond acceptors (Lipinski definition) is 5. The lowest BCUT2D eigenvalue weighted by Crippen LogP contribution is -2.45. The third-order valence-corrected chi connectivity index (χ3v) is 5.89. The summed E-state index contributed by atoms with van der Waals surface area (Å²) in [5, 5.41) is 9.81. The van der Waals surface area contributed by atoms with Gasteiger partial charge in [-0.15, -0.1) is 0 Å². The zero-order valence-electron chi connectivity index (χ0n) is 15.4. The average Bonchev–Trinajstić information content (AvgIpc) is 3.15. The number of fused-ring (bicyclic) bond motifs is 1. The Morgan fingerprint density at radius 1 is 1.14 bits per heavy atom. The highest BCUT2D eigenvalue weighted by Gasteiger charge is 2.25. The molecule has 8 heteroatoms. The Bertz CT molecular complexity index is 1040. The van der Waals surface area contributed by atoms with Gasteiger partial charge in [-0.05, 0) is 30.7 Å². The molecule has 3 aromatic rings. The molecule has 0 radical (unpaired) electrons. The highest BCUT2D eigenvalue weighted by Crippen LogP contribution is 2.29. The molecule has 1 heterocycles. The van der Waals surface area contributed by atoms with E-state index in [1.54, 1.807) is 12.1 Å². The molecule has 0 unspecified atom stereocenters. The molecule has 1 amide bonds. The Morgan fingerprint density at radius 2 is 1.93 bits per heavy atom. The minimum absolute atomic E-state index is 0.0118. The van der Waals surface area contributed by atoms with Crippen LogP contribution in [-0.2, 0) is 14.8 Å². The number of nitrogens with one attached hydrogen (secondary N) is 2. The van der Waals surface area contributed by atoms with Gasteiger partial charge in [-0.25, -0.2) is 13.9 Å². The second-order valence-corrected chi connectivity index (χ2v) is 8.18. The molecule has 3 N–H and O–H groups in total. The van der Waals surface area contributed by atoms with Crippen molar-refractivity contribution in [2.45, 2.75) is 37.1 Å². The monoisotopic (exact) mass is 402 g/mol. The van der Waals surface area contributed by atoms with Crippen molar-refractivity contribution in [1.82, 2.24) is 10.2 Å². The Kier molecular flexibility index (Phi) is 6.13. The van der Waals surface area contributed by atoms with Crippen LogP contribution >= 0.6 is 0 Å². The van der Waals surface area contributed by atoms with Gasteiger partial charge in [0.2, 0.25) is 10.0 Å². The largest absolute Gasteiger partial charge is 0.456 e. The molecule has 7 nitrogen and oxygen atoms in total. The number of amides is 1. The molecule has 2 aromatic carbocycles. The fraction of sp³-hybridized carbons (Fsp3) is 0.250. The summed E-state index contributed by atoms with van der Waals surface area (Å²) in [4.78, 5) is 11.8. The van der Waals surface area contributed by atoms with Crippen LogP contribution in [0.5, 0.6) is 0 Å². The third-order valence-electron chi connectivity index (χ3n) is 4.42. The van der Waals surface area contributed by atoms with E-state index in [1.165, 1.54) is 17.6 Å². The fourth-order valence-electron chi connectivity index (χ4n) is 2.93. The van der Waals surface area contributed by atoms with Crippen molar-refractivity contribution >= 4 is 26.9 Å². The molecule has 0 fully saturated rings. The van der Waals surface area contributed by atoms with Gasteiger partial charge in [-0.2, -0.15) is 4.72 Å². The first-order chi connectivity index (χ1) is 13.4. The molecule has 0 aliphatic rings. The Morgan fingerprint density at radius 3 is 2.64 bits per heavy atom. The maximum Gasteiger partial charge on any atom is 0.261 e. The van der Waals surface area contributed by atoms with Crippen LogP contribution in [0.2, 0.25) is 0 Å². The quantitative estimate of drug-likeness (QED) is 0.395. The van der Waals surface area contributed by atoms with Gasteiger partial charge in [-0.3, -0.25) is 10.0 Å². The Balaban J connectivity index is 1.89. The van der Waals surface area contributed by atoms with Crippen molar-refractivity contribution in [3.8, 4) is 11.3 Å². The second-order valence-electron chi connectivity index (χ2n) is 6.47. The summed E-state index contributed by atoms with van der Waals surface area (Å²) in [5.41, 5.74) is 2.84. The van der Waals surface area contributed by atoms with Crippen molar-refractivity contribution in [3.05, 3.63) is 54.6 Å². The van der Waals surface area contributed by atoms with E-state index in [9.17, 15) is 13.2 Å². The Hall–Kier alpha value is -2.68. The number of hydroxylamine groups is 1. The number of unbranched alkanes of at least 4 members (excludes halogenated alkanes) is 1. The summed E-state index contributed by atoms with van der Waals surface area (Å²) in [6.07, 6.45) is 1.71. The van der Waals surface area contributed by atoms with E-state index < -0.39 is 22.0 Å². The fourth-order valence-corrected chi connectivity index (χ4v) is 4.20. The van der Waals surface area contributed by atoms with E-state index >= 15 is 0 Å². The number of hydrogen-bond donors (Lipinski definition) is 3. The van der Waals surface area contributed by atoms with E-state index in [0.29, 0.717) is 23.3 Å². The van der Waals surface area contributed by atoms with Crippen LogP contribution in [0.1, 0.15) is 26.2 Å². The lowest BCUT2D eigenvalue weighted by Gasteiger charge is -2.16. The minimum Gasteiger partial charge on any atom is -0.456 e. The maximum absolute atomic E-state index is 12.8. The first kappa shape index (κ1) is 20.1. The number of sulfonamides is 1. The topological polar surface area (TPSA) is 109 Å². The van der Waals surface area contributed by atoms with Crippen molar-refractivity contribution < 1.29 is 22.8 Å². The summed E-state index contributed by atoms with van der Waals surface area (Å²) in [5.74, 6) is -0.237. The van der Waals surface area contributed by atoms with E-state index in [0.717, 1.165) is 11.8 Å². The van der Waals surface area contributed by atoms with Gasteiger partial charge in [0.25, 0.3) is 5.91 Å². The highest BCUT2D eigenvalue weighted by atomic mass is 32.2. The summed E-state index contributed by atoms with van der Waals surface area (Å²) in [7, 11) is -3.97. The summed E-state index contributed by atoms with van der Waals surface area (Å²) >= 11 is 0. The van der Waals surface area contributed by atoms with Crippen molar-refractivity contribution in [2.24, 2.45) is 0 Å². The highest BCUT2D eigenvalue weighted by molar-refractivity contribution is 7.89. The number of carbonyl (C=O) groups excluding carboxylic acids is 1. The van der Waals surface area contributed by atoms with Crippen LogP contribution < -0.4 is 10.2 Å².